The van der Waals surface area contributed by atoms with Gasteiger partial charge in [-0.15, -0.1) is 5.10 Å². The zero-order valence-electron chi connectivity index (χ0n) is 15.5. The highest BCUT2D eigenvalue weighted by molar-refractivity contribution is 5.90. The van der Waals surface area contributed by atoms with Gasteiger partial charge in [-0.1, -0.05) is 39.0 Å². The van der Waals surface area contributed by atoms with E-state index < -0.39 is 0 Å². The second-order valence-corrected chi connectivity index (χ2v) is 7.60. The van der Waals surface area contributed by atoms with Crippen molar-refractivity contribution >= 4 is 5.91 Å². The number of carbonyl (C=O) groups excluding carboxylic acids is 1. The molecule has 1 atom stereocenters. The van der Waals surface area contributed by atoms with Gasteiger partial charge in [-0.3, -0.25) is 4.79 Å². The van der Waals surface area contributed by atoms with Gasteiger partial charge in [-0.05, 0) is 42.9 Å². The predicted molar refractivity (Wildman–Crippen MR) is 97.9 cm³/mol. The molecule has 1 aliphatic rings. The SMILES string of the molecule is Cc1nc(C(=O)N2CCC(C)(CN)C2)nn1-c1ccccc1C(C)C. The molecule has 1 amide bonds. The average molecular weight is 341 g/mol. The van der Waals surface area contributed by atoms with Crippen molar-refractivity contribution in [1.29, 1.82) is 0 Å². The van der Waals surface area contributed by atoms with E-state index in [9.17, 15) is 4.79 Å². The number of para-hydroxylation sites is 1. The molecule has 1 saturated heterocycles. The van der Waals surface area contributed by atoms with Gasteiger partial charge in [0.1, 0.15) is 5.82 Å². The largest absolute Gasteiger partial charge is 0.335 e. The molecule has 0 radical (unpaired) electrons. The van der Waals surface area contributed by atoms with Crippen molar-refractivity contribution in [1.82, 2.24) is 19.7 Å². The lowest BCUT2D eigenvalue weighted by Crippen LogP contribution is -2.35. The smallest absolute Gasteiger partial charge is 0.293 e. The number of amides is 1. The van der Waals surface area contributed by atoms with Gasteiger partial charge in [-0.25, -0.2) is 9.67 Å². The highest BCUT2D eigenvalue weighted by Gasteiger charge is 2.36. The molecule has 6 nitrogen and oxygen atoms in total. The molecule has 1 unspecified atom stereocenters. The van der Waals surface area contributed by atoms with Crippen LogP contribution in [-0.4, -0.2) is 45.2 Å². The van der Waals surface area contributed by atoms with Crippen LogP contribution >= 0.6 is 0 Å². The van der Waals surface area contributed by atoms with Crippen molar-refractivity contribution in [2.24, 2.45) is 11.1 Å². The highest BCUT2D eigenvalue weighted by atomic mass is 16.2. The summed E-state index contributed by atoms with van der Waals surface area (Å²) >= 11 is 0. The Morgan fingerprint density at radius 1 is 1.36 bits per heavy atom. The van der Waals surface area contributed by atoms with E-state index in [0.29, 0.717) is 25.6 Å². The average Bonchev–Trinajstić information content (AvgIpc) is 3.18. The Balaban J connectivity index is 1.90. The molecule has 6 heteroatoms. The summed E-state index contributed by atoms with van der Waals surface area (Å²) in [4.78, 5) is 19.1. The Labute approximate surface area is 149 Å². The molecule has 2 heterocycles. The molecule has 0 saturated carbocycles. The number of nitrogens with two attached hydrogens (primary N) is 1. The van der Waals surface area contributed by atoms with Crippen molar-refractivity contribution in [3.8, 4) is 5.69 Å². The van der Waals surface area contributed by atoms with Crippen LogP contribution < -0.4 is 5.73 Å². The molecule has 0 bridgehead atoms. The van der Waals surface area contributed by atoms with Crippen molar-refractivity contribution in [2.45, 2.75) is 40.0 Å². The zero-order chi connectivity index (χ0) is 18.2. The molecule has 1 fully saturated rings. The Kier molecular flexibility index (Phi) is 4.64. The fourth-order valence-corrected chi connectivity index (χ4v) is 3.38. The maximum absolute atomic E-state index is 12.8. The monoisotopic (exact) mass is 341 g/mol. The summed E-state index contributed by atoms with van der Waals surface area (Å²) in [5.41, 5.74) is 8.01. The quantitative estimate of drug-likeness (QED) is 0.927. The Morgan fingerprint density at radius 2 is 2.08 bits per heavy atom. The van der Waals surface area contributed by atoms with Crippen LogP contribution in [-0.2, 0) is 0 Å². The number of nitrogens with zero attached hydrogens (tertiary/aromatic N) is 4. The summed E-state index contributed by atoms with van der Waals surface area (Å²) in [5, 5.41) is 4.52. The first-order valence-corrected chi connectivity index (χ1v) is 8.87. The molecule has 2 aromatic rings. The molecular formula is C19H27N5O. The van der Waals surface area contributed by atoms with Crippen molar-refractivity contribution < 1.29 is 4.79 Å². The molecular weight excluding hydrogens is 314 g/mol. The van der Waals surface area contributed by atoms with Crippen LogP contribution in [0.1, 0.15) is 55.1 Å². The van der Waals surface area contributed by atoms with Crippen molar-refractivity contribution in [2.75, 3.05) is 19.6 Å². The fraction of sp³-hybridized carbons (Fsp3) is 0.526. The van der Waals surface area contributed by atoms with Crippen LogP contribution in [0.15, 0.2) is 24.3 Å². The number of hydrogen-bond donors (Lipinski definition) is 1. The lowest BCUT2D eigenvalue weighted by molar-refractivity contribution is 0.0765. The molecule has 1 aromatic carbocycles. The maximum Gasteiger partial charge on any atom is 0.293 e. The van der Waals surface area contributed by atoms with Crippen LogP contribution in [0.25, 0.3) is 5.69 Å². The summed E-state index contributed by atoms with van der Waals surface area (Å²) in [5.74, 6) is 1.23. The summed E-state index contributed by atoms with van der Waals surface area (Å²) in [7, 11) is 0. The van der Waals surface area contributed by atoms with Crippen LogP contribution in [0.5, 0.6) is 0 Å². The van der Waals surface area contributed by atoms with E-state index in [1.54, 1.807) is 4.68 Å². The maximum atomic E-state index is 12.8. The van der Waals surface area contributed by atoms with E-state index >= 15 is 0 Å². The minimum atomic E-state index is -0.110. The van der Waals surface area contributed by atoms with Crippen LogP contribution in [0, 0.1) is 12.3 Å². The van der Waals surface area contributed by atoms with Gasteiger partial charge in [0, 0.05) is 13.1 Å². The number of aryl methyl sites for hydroxylation is 1. The van der Waals surface area contributed by atoms with Gasteiger partial charge in [0.15, 0.2) is 0 Å². The first kappa shape index (κ1) is 17.6. The first-order chi connectivity index (χ1) is 11.8. The molecule has 3 rings (SSSR count). The number of aromatic nitrogens is 3. The summed E-state index contributed by atoms with van der Waals surface area (Å²) in [6.07, 6.45) is 0.922. The second kappa shape index (κ2) is 6.59. The number of benzene rings is 1. The van der Waals surface area contributed by atoms with Crippen molar-refractivity contribution in [3.05, 3.63) is 41.5 Å². The first-order valence-electron chi connectivity index (χ1n) is 8.87. The molecule has 25 heavy (non-hydrogen) atoms. The van der Waals surface area contributed by atoms with Crippen LogP contribution in [0.4, 0.5) is 0 Å². The third-order valence-corrected chi connectivity index (χ3v) is 5.09. The van der Waals surface area contributed by atoms with Crippen molar-refractivity contribution in [3.63, 3.8) is 0 Å². The van der Waals surface area contributed by atoms with Crippen LogP contribution in [0.3, 0.4) is 0 Å². The molecule has 0 spiro atoms. The minimum Gasteiger partial charge on any atom is -0.335 e. The Hall–Kier alpha value is -2.21. The molecule has 1 aromatic heterocycles. The molecule has 0 aliphatic carbocycles. The second-order valence-electron chi connectivity index (χ2n) is 7.60. The summed E-state index contributed by atoms with van der Waals surface area (Å²) in [6, 6.07) is 8.12. The highest BCUT2D eigenvalue weighted by Crippen LogP contribution is 2.29. The topological polar surface area (TPSA) is 77.0 Å². The predicted octanol–water partition coefficient (Wildman–Crippen LogP) is 2.51. The fourth-order valence-electron chi connectivity index (χ4n) is 3.38. The van der Waals surface area contributed by atoms with E-state index in [-0.39, 0.29) is 17.1 Å². The Morgan fingerprint density at radius 3 is 2.72 bits per heavy atom. The van der Waals surface area contributed by atoms with E-state index in [1.807, 2.05) is 30.0 Å². The number of rotatable bonds is 4. The Bertz CT molecular complexity index is 782. The summed E-state index contributed by atoms with van der Waals surface area (Å²) in [6.45, 7) is 10.3. The van der Waals surface area contributed by atoms with Gasteiger partial charge >= 0.3 is 0 Å². The zero-order valence-corrected chi connectivity index (χ0v) is 15.5. The van der Waals surface area contributed by atoms with E-state index in [1.165, 1.54) is 5.56 Å². The molecule has 134 valence electrons. The third-order valence-electron chi connectivity index (χ3n) is 5.09. The molecule has 1 aliphatic heterocycles. The minimum absolute atomic E-state index is 0.00247. The van der Waals surface area contributed by atoms with E-state index in [0.717, 1.165) is 17.9 Å². The van der Waals surface area contributed by atoms with Gasteiger partial charge in [0.25, 0.3) is 5.91 Å². The van der Waals surface area contributed by atoms with Gasteiger partial charge < -0.3 is 10.6 Å². The van der Waals surface area contributed by atoms with Gasteiger partial charge in [0.05, 0.1) is 5.69 Å². The lowest BCUT2D eigenvalue weighted by Gasteiger charge is -2.21. The third kappa shape index (κ3) is 3.31. The number of likely N-dealkylation sites (tertiary alicyclic amines) is 1. The molecule has 2 N–H and O–H groups in total. The van der Waals surface area contributed by atoms with Crippen LogP contribution in [0.2, 0.25) is 0 Å². The lowest BCUT2D eigenvalue weighted by atomic mass is 9.90. The number of hydrogen-bond acceptors (Lipinski definition) is 4. The van der Waals surface area contributed by atoms with Gasteiger partial charge in [-0.2, -0.15) is 0 Å². The number of carbonyl (C=O) groups is 1. The van der Waals surface area contributed by atoms with E-state index in [2.05, 4.69) is 36.9 Å². The van der Waals surface area contributed by atoms with E-state index in [4.69, 9.17) is 5.73 Å². The summed E-state index contributed by atoms with van der Waals surface area (Å²) < 4.78 is 1.78. The standard InChI is InChI=1S/C19H27N5O/c1-13(2)15-7-5-6-8-16(15)24-14(3)21-17(22-24)18(25)23-10-9-19(4,11-20)12-23/h5-8,13H,9-12,20H2,1-4H3. The van der Waals surface area contributed by atoms with Gasteiger partial charge in [0.2, 0.25) is 5.82 Å². The normalized spacial score (nSPS) is 20.5.